The summed E-state index contributed by atoms with van der Waals surface area (Å²) < 4.78 is 30.0. The highest BCUT2D eigenvalue weighted by atomic mass is 16.6. The third-order valence-electron chi connectivity index (χ3n) is 7.93. The van der Waals surface area contributed by atoms with Gasteiger partial charge in [0.1, 0.15) is 29.4 Å². The normalized spacial score (nSPS) is 13.4. The summed E-state index contributed by atoms with van der Waals surface area (Å²) in [6.07, 6.45) is 2.02. The van der Waals surface area contributed by atoms with Crippen molar-refractivity contribution in [3.63, 3.8) is 0 Å². The zero-order valence-corrected chi connectivity index (χ0v) is 25.2. The molecule has 45 heavy (non-hydrogen) atoms. The van der Waals surface area contributed by atoms with E-state index in [1.807, 2.05) is 91.0 Å². The number of aliphatic hydroxyl groups excluding tert-OH is 1. The Labute approximate surface area is 262 Å². The lowest BCUT2D eigenvalue weighted by molar-refractivity contribution is 0.0255. The molecule has 0 spiro atoms. The Balaban J connectivity index is 1.69. The Kier molecular flexibility index (Phi) is 8.82. The van der Waals surface area contributed by atoms with Gasteiger partial charge in [-0.1, -0.05) is 91.0 Å². The first kappa shape index (κ1) is 29.9. The number of methoxy groups -OCH3 is 2. The van der Waals surface area contributed by atoms with E-state index in [2.05, 4.69) is 24.3 Å². The number of esters is 1. The molecule has 228 valence electrons. The molecule has 0 unspecified atom stereocenters. The summed E-state index contributed by atoms with van der Waals surface area (Å²) in [4.78, 5) is 13.9. The van der Waals surface area contributed by atoms with Gasteiger partial charge in [-0.2, -0.15) is 0 Å². The van der Waals surface area contributed by atoms with E-state index in [4.69, 9.17) is 28.8 Å². The quantitative estimate of drug-likeness (QED) is 0.130. The molecule has 0 radical (unpaired) electrons. The molecule has 7 nitrogen and oxygen atoms in total. The first-order valence-corrected chi connectivity index (χ1v) is 14.8. The molecule has 0 aromatic heterocycles. The van der Waals surface area contributed by atoms with Gasteiger partial charge in [-0.05, 0) is 29.8 Å². The fourth-order valence-electron chi connectivity index (χ4n) is 5.95. The molecule has 5 aromatic rings. The van der Waals surface area contributed by atoms with Gasteiger partial charge in [0.2, 0.25) is 0 Å². The fourth-order valence-corrected chi connectivity index (χ4v) is 5.95. The van der Waals surface area contributed by atoms with Crippen molar-refractivity contribution in [1.29, 1.82) is 0 Å². The summed E-state index contributed by atoms with van der Waals surface area (Å²) in [6, 6.07) is 35.8. The SMILES string of the molecule is COc1ccc2c(OC)c(C(=O)OCCOCCO)c3c(c2c1)OC(c1ccccc1)(c1ccccc1)C(c1ccccc1)=C3. The molecule has 0 bridgehead atoms. The minimum absolute atomic E-state index is 0.00545. The molecule has 1 aliphatic heterocycles. The topological polar surface area (TPSA) is 83.5 Å². The second-order valence-electron chi connectivity index (χ2n) is 10.5. The van der Waals surface area contributed by atoms with Crippen molar-refractivity contribution in [2.75, 3.05) is 40.6 Å². The molecule has 0 atom stereocenters. The van der Waals surface area contributed by atoms with Crippen molar-refractivity contribution in [1.82, 2.24) is 0 Å². The molecule has 0 saturated heterocycles. The minimum Gasteiger partial charge on any atom is -0.497 e. The average molecular weight is 603 g/mol. The molecule has 7 heteroatoms. The summed E-state index contributed by atoms with van der Waals surface area (Å²) in [5.74, 6) is 0.926. The molecule has 0 fully saturated rings. The average Bonchev–Trinajstić information content (AvgIpc) is 3.11. The maximum Gasteiger partial charge on any atom is 0.342 e. The predicted octanol–water partition coefficient (Wildman–Crippen LogP) is 6.90. The largest absolute Gasteiger partial charge is 0.497 e. The van der Waals surface area contributed by atoms with Crippen LogP contribution in [0, 0.1) is 0 Å². The number of fused-ring (bicyclic) bond motifs is 3. The molecule has 1 aliphatic rings. The maximum absolute atomic E-state index is 13.9. The Hall–Kier alpha value is -5.11. The van der Waals surface area contributed by atoms with E-state index in [9.17, 15) is 4.79 Å². The van der Waals surface area contributed by atoms with Gasteiger partial charge in [-0.3, -0.25) is 0 Å². The number of hydrogen-bond acceptors (Lipinski definition) is 7. The Morgan fingerprint density at radius 2 is 1.40 bits per heavy atom. The molecule has 1 heterocycles. The molecule has 1 N–H and O–H groups in total. The van der Waals surface area contributed by atoms with Crippen molar-refractivity contribution < 1.29 is 33.6 Å². The highest BCUT2D eigenvalue weighted by molar-refractivity contribution is 6.11. The van der Waals surface area contributed by atoms with Gasteiger partial charge < -0.3 is 28.8 Å². The number of carbonyl (C=O) groups is 1. The summed E-state index contributed by atoms with van der Waals surface area (Å²) in [5, 5.41) is 10.4. The number of rotatable bonds is 11. The molecule has 0 saturated carbocycles. The number of ether oxygens (including phenoxy) is 5. The lowest BCUT2D eigenvalue weighted by Crippen LogP contribution is -2.38. The van der Waals surface area contributed by atoms with Crippen molar-refractivity contribution in [3.8, 4) is 17.2 Å². The number of carbonyl (C=O) groups excluding carboxylic acids is 1. The van der Waals surface area contributed by atoms with Gasteiger partial charge in [0, 0.05) is 33.0 Å². The first-order chi connectivity index (χ1) is 22.1. The van der Waals surface area contributed by atoms with Crippen molar-refractivity contribution in [2.45, 2.75) is 5.60 Å². The Morgan fingerprint density at radius 3 is 2.00 bits per heavy atom. The number of aliphatic hydroxyl groups is 1. The van der Waals surface area contributed by atoms with Gasteiger partial charge in [0.25, 0.3) is 0 Å². The van der Waals surface area contributed by atoms with Gasteiger partial charge in [0.05, 0.1) is 34.0 Å². The predicted molar refractivity (Wildman–Crippen MR) is 174 cm³/mol. The van der Waals surface area contributed by atoms with Crippen LogP contribution in [0.2, 0.25) is 0 Å². The van der Waals surface area contributed by atoms with E-state index in [0.717, 1.165) is 27.6 Å². The van der Waals surface area contributed by atoms with Gasteiger partial charge >= 0.3 is 5.97 Å². The molecule has 0 aliphatic carbocycles. The standard InChI is InChI=1S/C38H34O7/c1-41-29-18-19-30-31(24-29)35-32(34(36(30)42-2)37(40)44-23-22-43-21-20-39)25-33(26-12-6-3-7-13-26)38(45-35,27-14-8-4-9-15-27)28-16-10-5-11-17-28/h3-19,24-25,39H,20-23H2,1-2H3. The second kappa shape index (κ2) is 13.3. The monoisotopic (exact) mass is 602 g/mol. The summed E-state index contributed by atoms with van der Waals surface area (Å²) in [7, 11) is 3.15. The van der Waals surface area contributed by atoms with Crippen LogP contribution >= 0.6 is 0 Å². The third kappa shape index (κ3) is 5.52. The van der Waals surface area contributed by atoms with Crippen molar-refractivity contribution in [2.24, 2.45) is 0 Å². The summed E-state index contributed by atoms with van der Waals surface area (Å²) in [6.45, 7) is 0.199. The van der Waals surface area contributed by atoms with Crippen LogP contribution in [0.1, 0.15) is 32.6 Å². The zero-order chi connectivity index (χ0) is 31.2. The van der Waals surface area contributed by atoms with Crippen LogP contribution in [-0.2, 0) is 15.1 Å². The van der Waals surface area contributed by atoms with Crippen LogP contribution in [0.3, 0.4) is 0 Å². The van der Waals surface area contributed by atoms with E-state index in [1.165, 1.54) is 7.11 Å². The van der Waals surface area contributed by atoms with Gasteiger partial charge in [0.15, 0.2) is 5.60 Å². The third-order valence-corrected chi connectivity index (χ3v) is 7.93. The second-order valence-corrected chi connectivity index (χ2v) is 10.5. The van der Waals surface area contributed by atoms with Crippen LogP contribution < -0.4 is 14.2 Å². The van der Waals surface area contributed by atoms with Gasteiger partial charge in [-0.15, -0.1) is 0 Å². The van der Waals surface area contributed by atoms with Gasteiger partial charge in [-0.25, -0.2) is 4.79 Å². The van der Waals surface area contributed by atoms with Crippen LogP contribution in [0.5, 0.6) is 17.2 Å². The molecule has 5 aromatic carbocycles. The van der Waals surface area contributed by atoms with Crippen molar-refractivity contribution >= 4 is 28.4 Å². The summed E-state index contributed by atoms with van der Waals surface area (Å²) >= 11 is 0. The van der Waals surface area contributed by atoms with Crippen LogP contribution in [0.4, 0.5) is 0 Å². The van der Waals surface area contributed by atoms with Crippen LogP contribution in [-0.4, -0.2) is 51.7 Å². The molecule has 6 rings (SSSR count). The highest BCUT2D eigenvalue weighted by Crippen LogP contribution is 2.55. The minimum atomic E-state index is -1.08. The van der Waals surface area contributed by atoms with Crippen LogP contribution in [0.15, 0.2) is 109 Å². The highest BCUT2D eigenvalue weighted by Gasteiger charge is 2.46. The number of hydrogen-bond donors (Lipinski definition) is 1. The van der Waals surface area contributed by atoms with E-state index in [-0.39, 0.29) is 32.0 Å². The molecular weight excluding hydrogens is 568 g/mol. The van der Waals surface area contributed by atoms with Crippen LogP contribution in [0.25, 0.3) is 22.4 Å². The Bertz CT molecular complexity index is 1780. The summed E-state index contributed by atoms with van der Waals surface area (Å²) in [5.41, 5.74) is 3.32. The van der Waals surface area contributed by atoms with Crippen molar-refractivity contribution in [3.05, 3.63) is 137 Å². The lowest BCUT2D eigenvalue weighted by atomic mass is 9.74. The first-order valence-electron chi connectivity index (χ1n) is 14.8. The Morgan fingerprint density at radius 1 is 0.756 bits per heavy atom. The molecule has 0 amide bonds. The molecular formula is C38H34O7. The number of benzene rings is 5. The smallest absolute Gasteiger partial charge is 0.342 e. The van der Waals surface area contributed by atoms with E-state index in [0.29, 0.717) is 28.2 Å². The van der Waals surface area contributed by atoms with E-state index < -0.39 is 11.6 Å². The van der Waals surface area contributed by atoms with E-state index in [1.54, 1.807) is 7.11 Å². The fraction of sp³-hybridized carbons (Fsp3) is 0.184. The van der Waals surface area contributed by atoms with E-state index >= 15 is 0 Å². The maximum atomic E-state index is 13.9. The lowest BCUT2D eigenvalue weighted by Gasteiger charge is -2.42. The zero-order valence-electron chi connectivity index (χ0n) is 25.2.